The van der Waals surface area contributed by atoms with Crippen LogP contribution in [0.5, 0.6) is 0 Å². The van der Waals surface area contributed by atoms with E-state index >= 15 is 0 Å². The fourth-order valence-corrected chi connectivity index (χ4v) is 2.52. The Kier molecular flexibility index (Phi) is 4.24. The van der Waals surface area contributed by atoms with Crippen molar-refractivity contribution in [2.24, 2.45) is 10.9 Å². The lowest BCUT2D eigenvalue weighted by Gasteiger charge is -2.10. The molecule has 1 aromatic heterocycles. The van der Waals surface area contributed by atoms with E-state index in [9.17, 15) is 0 Å². The number of guanidine groups is 1. The van der Waals surface area contributed by atoms with E-state index < -0.39 is 0 Å². The third kappa shape index (κ3) is 3.88. The Labute approximate surface area is 125 Å². The summed E-state index contributed by atoms with van der Waals surface area (Å²) in [5.41, 5.74) is 1.41. The van der Waals surface area contributed by atoms with Gasteiger partial charge < -0.3 is 15.1 Å². The zero-order valence-corrected chi connectivity index (χ0v) is 12.3. The van der Waals surface area contributed by atoms with Crippen molar-refractivity contribution in [3.63, 3.8) is 0 Å². The number of furan rings is 1. The van der Waals surface area contributed by atoms with E-state index in [1.807, 2.05) is 12.1 Å². The average Bonchev–Trinajstić information content (AvgIpc) is 3.02. The maximum atomic E-state index is 5.30. The molecule has 0 saturated heterocycles. The van der Waals surface area contributed by atoms with E-state index in [2.05, 4.69) is 46.0 Å². The molecule has 0 aliphatic heterocycles. The van der Waals surface area contributed by atoms with Crippen LogP contribution in [-0.4, -0.2) is 19.0 Å². The number of rotatable bonds is 5. The van der Waals surface area contributed by atoms with Gasteiger partial charge in [-0.2, -0.15) is 0 Å². The molecule has 1 aliphatic rings. The average molecular weight is 283 g/mol. The van der Waals surface area contributed by atoms with Crippen molar-refractivity contribution in [3.8, 4) is 0 Å². The summed E-state index contributed by atoms with van der Waals surface area (Å²) in [6.07, 6.45) is 4.02. The van der Waals surface area contributed by atoms with E-state index in [0.717, 1.165) is 18.1 Å². The van der Waals surface area contributed by atoms with Crippen LogP contribution in [-0.2, 0) is 13.0 Å². The lowest BCUT2D eigenvalue weighted by atomic mass is 10.1. The van der Waals surface area contributed by atoms with Crippen LogP contribution in [0, 0.1) is 5.92 Å². The molecule has 1 heterocycles. The van der Waals surface area contributed by atoms with E-state index in [1.54, 1.807) is 13.3 Å². The Bertz CT molecular complexity index is 577. The topological polar surface area (TPSA) is 49.6 Å². The Balaban J connectivity index is 1.44. The number of hydrogen-bond acceptors (Lipinski definition) is 2. The van der Waals surface area contributed by atoms with Gasteiger partial charge in [-0.1, -0.05) is 30.3 Å². The van der Waals surface area contributed by atoms with Crippen LogP contribution in [0.2, 0.25) is 0 Å². The van der Waals surface area contributed by atoms with Crippen molar-refractivity contribution < 1.29 is 4.42 Å². The molecule has 1 aliphatic carbocycles. The highest BCUT2D eigenvalue weighted by Crippen LogP contribution is 2.33. The summed E-state index contributed by atoms with van der Waals surface area (Å²) >= 11 is 0. The van der Waals surface area contributed by atoms with Gasteiger partial charge in [0.25, 0.3) is 0 Å². The third-order valence-electron chi connectivity index (χ3n) is 3.82. The zero-order chi connectivity index (χ0) is 14.5. The van der Waals surface area contributed by atoms with Crippen LogP contribution in [0.25, 0.3) is 0 Å². The highest BCUT2D eigenvalue weighted by Gasteiger charge is 2.37. The number of hydrogen-bond donors (Lipinski definition) is 2. The second kappa shape index (κ2) is 6.48. The molecule has 1 aromatic carbocycles. The van der Waals surface area contributed by atoms with Crippen LogP contribution in [0.3, 0.4) is 0 Å². The molecule has 3 rings (SSSR count). The predicted molar refractivity (Wildman–Crippen MR) is 84.1 cm³/mol. The van der Waals surface area contributed by atoms with Crippen LogP contribution in [0.15, 0.2) is 58.1 Å². The van der Waals surface area contributed by atoms with Gasteiger partial charge >= 0.3 is 0 Å². The van der Waals surface area contributed by atoms with Gasteiger partial charge in [-0.05, 0) is 36.5 Å². The SMILES string of the molecule is CN=C(NCc1ccco1)NC1CC1Cc1ccccc1. The van der Waals surface area contributed by atoms with E-state index in [4.69, 9.17) is 4.42 Å². The predicted octanol–water partition coefficient (Wildman–Crippen LogP) is 2.58. The minimum atomic E-state index is 0.521. The second-order valence-corrected chi connectivity index (χ2v) is 5.44. The second-order valence-electron chi connectivity index (χ2n) is 5.44. The van der Waals surface area contributed by atoms with Crippen molar-refractivity contribution in [3.05, 3.63) is 60.1 Å². The Hall–Kier alpha value is -2.23. The van der Waals surface area contributed by atoms with E-state index in [-0.39, 0.29) is 0 Å². The molecule has 0 amide bonds. The summed E-state index contributed by atoms with van der Waals surface area (Å²) in [6.45, 7) is 0.656. The molecule has 21 heavy (non-hydrogen) atoms. The summed E-state index contributed by atoms with van der Waals surface area (Å²) in [4.78, 5) is 4.26. The molecular formula is C17H21N3O. The Morgan fingerprint density at radius 1 is 1.24 bits per heavy atom. The molecule has 0 spiro atoms. The monoisotopic (exact) mass is 283 g/mol. The Morgan fingerprint density at radius 2 is 2.10 bits per heavy atom. The Morgan fingerprint density at radius 3 is 2.81 bits per heavy atom. The fourth-order valence-electron chi connectivity index (χ4n) is 2.52. The van der Waals surface area contributed by atoms with E-state index in [1.165, 1.54) is 12.0 Å². The standard InChI is InChI=1S/C17H21N3O/c1-18-17(19-12-15-8-5-9-21-15)20-16-11-14(16)10-13-6-3-2-4-7-13/h2-9,14,16H,10-12H2,1H3,(H2,18,19,20). The minimum Gasteiger partial charge on any atom is -0.467 e. The van der Waals surface area contributed by atoms with Gasteiger partial charge in [-0.3, -0.25) is 4.99 Å². The zero-order valence-electron chi connectivity index (χ0n) is 12.3. The van der Waals surface area contributed by atoms with Crippen LogP contribution < -0.4 is 10.6 Å². The van der Waals surface area contributed by atoms with Crippen LogP contribution >= 0.6 is 0 Å². The van der Waals surface area contributed by atoms with Crippen molar-refractivity contribution in [2.75, 3.05) is 7.05 Å². The fraction of sp³-hybridized carbons (Fsp3) is 0.353. The van der Waals surface area contributed by atoms with Gasteiger partial charge in [0.05, 0.1) is 12.8 Å². The first-order chi connectivity index (χ1) is 10.3. The quantitative estimate of drug-likeness (QED) is 0.655. The molecule has 1 saturated carbocycles. The first-order valence-corrected chi connectivity index (χ1v) is 7.38. The normalized spacial score (nSPS) is 21.1. The lowest BCUT2D eigenvalue weighted by molar-refractivity contribution is 0.501. The van der Waals surface area contributed by atoms with Gasteiger partial charge in [-0.15, -0.1) is 0 Å². The summed E-state index contributed by atoms with van der Waals surface area (Å²) < 4.78 is 5.30. The molecule has 2 atom stereocenters. The van der Waals surface area contributed by atoms with Crippen molar-refractivity contribution in [1.29, 1.82) is 0 Å². The van der Waals surface area contributed by atoms with Crippen LogP contribution in [0.1, 0.15) is 17.7 Å². The molecule has 0 radical (unpaired) electrons. The van der Waals surface area contributed by atoms with Gasteiger partial charge in [0, 0.05) is 13.1 Å². The molecule has 2 unspecified atom stereocenters. The van der Waals surface area contributed by atoms with Gasteiger partial charge in [0.1, 0.15) is 5.76 Å². The highest BCUT2D eigenvalue weighted by atomic mass is 16.3. The van der Waals surface area contributed by atoms with Crippen LogP contribution in [0.4, 0.5) is 0 Å². The van der Waals surface area contributed by atoms with Gasteiger partial charge in [0.15, 0.2) is 5.96 Å². The summed E-state index contributed by atoms with van der Waals surface area (Å²) in [5.74, 6) is 2.45. The van der Waals surface area contributed by atoms with E-state index in [0.29, 0.717) is 18.5 Å². The molecule has 0 bridgehead atoms. The number of benzene rings is 1. The molecule has 1 fully saturated rings. The number of nitrogens with zero attached hydrogens (tertiary/aromatic N) is 1. The lowest BCUT2D eigenvalue weighted by Crippen LogP contribution is -2.38. The molecular weight excluding hydrogens is 262 g/mol. The van der Waals surface area contributed by atoms with Gasteiger partial charge in [0.2, 0.25) is 0 Å². The maximum absolute atomic E-state index is 5.30. The smallest absolute Gasteiger partial charge is 0.191 e. The van der Waals surface area contributed by atoms with Gasteiger partial charge in [-0.25, -0.2) is 0 Å². The minimum absolute atomic E-state index is 0.521. The first kappa shape index (κ1) is 13.7. The van der Waals surface area contributed by atoms with Crippen molar-refractivity contribution >= 4 is 5.96 Å². The van der Waals surface area contributed by atoms with Crippen molar-refractivity contribution in [1.82, 2.24) is 10.6 Å². The number of aliphatic imine (C=N–C) groups is 1. The number of nitrogens with one attached hydrogen (secondary N) is 2. The summed E-state index contributed by atoms with van der Waals surface area (Å²) in [6, 6.07) is 15.0. The summed E-state index contributed by atoms with van der Waals surface area (Å²) in [7, 11) is 1.80. The molecule has 2 aromatic rings. The molecule has 4 heteroatoms. The highest BCUT2D eigenvalue weighted by molar-refractivity contribution is 5.80. The molecule has 2 N–H and O–H groups in total. The molecule has 110 valence electrons. The maximum Gasteiger partial charge on any atom is 0.191 e. The molecule has 4 nitrogen and oxygen atoms in total. The first-order valence-electron chi connectivity index (χ1n) is 7.38. The third-order valence-corrected chi connectivity index (χ3v) is 3.82. The van der Waals surface area contributed by atoms with Crippen molar-refractivity contribution in [2.45, 2.75) is 25.4 Å². The largest absolute Gasteiger partial charge is 0.467 e. The summed E-state index contributed by atoms with van der Waals surface area (Å²) in [5, 5.41) is 6.74.